The molecule has 11 nitrogen and oxygen atoms in total. The molecule has 0 spiro atoms. The molecule has 0 bridgehead atoms. The smallest absolute Gasteiger partial charge is 0.335 e. The highest BCUT2D eigenvalue weighted by atomic mass is 32.2. The van der Waals surface area contributed by atoms with E-state index in [9.17, 15) is 23.1 Å². The molecule has 4 rings (SSSR count). The van der Waals surface area contributed by atoms with Gasteiger partial charge in [0.2, 0.25) is 11.8 Å². The minimum atomic E-state index is -4.22. The maximum Gasteiger partial charge on any atom is 0.335 e. The van der Waals surface area contributed by atoms with Gasteiger partial charge in [0.05, 0.1) is 29.2 Å². The third kappa shape index (κ3) is 8.08. The Balaban J connectivity index is 1.61. The van der Waals surface area contributed by atoms with Gasteiger partial charge in [0.1, 0.15) is 6.61 Å². The van der Waals surface area contributed by atoms with Crippen molar-refractivity contribution in [2.45, 2.75) is 63.9 Å². The van der Waals surface area contributed by atoms with Crippen LogP contribution in [0.25, 0.3) is 11.3 Å². The largest absolute Gasteiger partial charge is 0.478 e. The Morgan fingerprint density at radius 1 is 1.05 bits per heavy atom. The van der Waals surface area contributed by atoms with Crippen molar-refractivity contribution in [3.05, 3.63) is 65.2 Å². The third-order valence-electron chi connectivity index (χ3n) is 7.39. The monoisotopic (exact) mass is 610 g/mol. The first-order chi connectivity index (χ1) is 20.4. The summed E-state index contributed by atoms with van der Waals surface area (Å²) in [6.07, 6.45) is 2.20. The topological polar surface area (TPSA) is 157 Å². The van der Waals surface area contributed by atoms with Gasteiger partial charge in [-0.25, -0.2) is 22.9 Å². The molecule has 0 aliphatic heterocycles. The van der Waals surface area contributed by atoms with E-state index in [0.717, 1.165) is 29.2 Å². The van der Waals surface area contributed by atoms with Crippen LogP contribution in [-0.4, -0.2) is 61.2 Å². The molecule has 1 heterocycles. The quantitative estimate of drug-likeness (QED) is 0.234. The molecule has 1 atom stereocenters. The standard InChI is InChI=1S/C31H38N4O7S/c1-18(2)12-24(32-23-13-22(14-23)30(38)41-5)17-42-27-16-26(28-19(3)8-6-9-20(28)4)33-31(34-27)35-43(39,40)25-11-7-10-21(15-25)29(36)37/h6-11,15-16,18,22-24,32H,12-14,17H2,1-5H3,(H,36,37)(H,33,34,35)/t22?,23?,24-/m1/s1. The summed E-state index contributed by atoms with van der Waals surface area (Å²) >= 11 is 0. The fourth-order valence-corrected chi connectivity index (χ4v) is 6.24. The number of nitrogens with zero attached hydrogens (tertiary/aromatic N) is 2. The summed E-state index contributed by atoms with van der Waals surface area (Å²) in [7, 11) is -2.83. The van der Waals surface area contributed by atoms with Crippen molar-refractivity contribution in [1.82, 2.24) is 15.3 Å². The predicted molar refractivity (Wildman–Crippen MR) is 162 cm³/mol. The normalized spacial score (nSPS) is 17.2. The van der Waals surface area contributed by atoms with Gasteiger partial charge >= 0.3 is 11.9 Å². The molecule has 1 aliphatic carbocycles. The maximum absolute atomic E-state index is 13.2. The molecule has 1 aliphatic rings. The number of ether oxygens (including phenoxy) is 2. The number of aromatic nitrogens is 2. The van der Waals surface area contributed by atoms with E-state index < -0.39 is 16.0 Å². The molecule has 0 amide bonds. The lowest BCUT2D eigenvalue weighted by molar-refractivity contribution is -0.149. The number of nitrogens with one attached hydrogen (secondary N) is 2. The second-order valence-corrected chi connectivity index (χ2v) is 13.0. The highest BCUT2D eigenvalue weighted by Gasteiger charge is 2.36. The van der Waals surface area contributed by atoms with Gasteiger partial charge in [0.25, 0.3) is 10.0 Å². The first-order valence-electron chi connectivity index (χ1n) is 14.1. The van der Waals surface area contributed by atoms with E-state index in [1.54, 1.807) is 6.07 Å². The van der Waals surface area contributed by atoms with E-state index in [4.69, 9.17) is 9.47 Å². The van der Waals surface area contributed by atoms with Crippen LogP contribution in [0.4, 0.5) is 5.95 Å². The lowest BCUT2D eigenvalue weighted by Gasteiger charge is -2.37. The Morgan fingerprint density at radius 2 is 1.72 bits per heavy atom. The molecule has 0 radical (unpaired) electrons. The number of sulfonamides is 1. The number of carboxylic acids is 1. The summed E-state index contributed by atoms with van der Waals surface area (Å²) in [6, 6.07) is 12.7. The van der Waals surface area contributed by atoms with E-state index in [1.165, 1.54) is 25.3 Å². The van der Waals surface area contributed by atoms with Gasteiger partial charge in [-0.3, -0.25) is 4.79 Å². The molecule has 1 aromatic heterocycles. The zero-order valence-electron chi connectivity index (χ0n) is 25.0. The Morgan fingerprint density at radius 3 is 2.35 bits per heavy atom. The molecule has 43 heavy (non-hydrogen) atoms. The molecule has 12 heteroatoms. The number of benzene rings is 2. The summed E-state index contributed by atoms with van der Waals surface area (Å²) in [5, 5.41) is 12.9. The van der Waals surface area contributed by atoms with Gasteiger partial charge < -0.3 is 19.9 Å². The molecule has 230 valence electrons. The summed E-state index contributed by atoms with van der Waals surface area (Å²) in [5.74, 6) is -1.19. The zero-order chi connectivity index (χ0) is 31.3. The van der Waals surface area contributed by atoms with Crippen LogP contribution in [0.3, 0.4) is 0 Å². The number of rotatable bonds is 13. The molecule has 1 saturated carbocycles. The van der Waals surface area contributed by atoms with Crippen LogP contribution in [-0.2, 0) is 19.6 Å². The third-order valence-corrected chi connectivity index (χ3v) is 8.72. The first kappa shape index (κ1) is 31.9. The number of carboxylic acid groups (broad SMARTS) is 1. The summed E-state index contributed by atoms with van der Waals surface area (Å²) in [4.78, 5) is 31.9. The number of hydrogen-bond acceptors (Lipinski definition) is 9. The van der Waals surface area contributed by atoms with Crippen LogP contribution in [0, 0.1) is 25.7 Å². The van der Waals surface area contributed by atoms with Gasteiger partial charge in [-0.2, -0.15) is 4.98 Å². The minimum Gasteiger partial charge on any atom is -0.478 e. The van der Waals surface area contributed by atoms with Gasteiger partial charge in [-0.1, -0.05) is 38.1 Å². The highest BCUT2D eigenvalue weighted by molar-refractivity contribution is 7.92. The number of hydrogen-bond donors (Lipinski definition) is 3. The Kier molecular flexibility index (Phi) is 10.0. The fourth-order valence-electron chi connectivity index (χ4n) is 5.25. The molecule has 1 fully saturated rings. The van der Waals surface area contributed by atoms with Crippen molar-refractivity contribution in [3.63, 3.8) is 0 Å². The summed E-state index contributed by atoms with van der Waals surface area (Å²) in [5.41, 5.74) is 3.02. The number of aromatic carboxylic acids is 1. The van der Waals surface area contributed by atoms with Gasteiger partial charge in [-0.05, 0) is 68.4 Å². The number of aryl methyl sites for hydroxylation is 2. The fraction of sp³-hybridized carbons (Fsp3) is 0.419. The number of carbonyl (C=O) groups is 2. The van der Waals surface area contributed by atoms with Crippen LogP contribution in [0.2, 0.25) is 0 Å². The van der Waals surface area contributed by atoms with Crippen molar-refractivity contribution in [2.75, 3.05) is 18.4 Å². The van der Waals surface area contributed by atoms with Crippen molar-refractivity contribution in [2.24, 2.45) is 11.8 Å². The lowest BCUT2D eigenvalue weighted by atomic mass is 9.79. The summed E-state index contributed by atoms with van der Waals surface area (Å²) < 4.78 is 39.9. The Labute approximate surface area is 252 Å². The number of anilines is 1. The van der Waals surface area contributed by atoms with Crippen molar-refractivity contribution >= 4 is 27.9 Å². The number of methoxy groups -OCH3 is 1. The molecule has 2 aromatic carbocycles. The van der Waals surface area contributed by atoms with Gasteiger partial charge in [-0.15, -0.1) is 0 Å². The van der Waals surface area contributed by atoms with Crippen LogP contribution >= 0.6 is 0 Å². The SMILES string of the molecule is COC(=O)C1CC(N[C@@H](COc2cc(-c3c(C)cccc3C)nc(NS(=O)(=O)c3cccc(C(=O)O)c3)n2)CC(C)C)C1. The molecule has 3 N–H and O–H groups in total. The molecule has 0 unspecified atom stereocenters. The molecular weight excluding hydrogens is 572 g/mol. The first-order valence-corrected chi connectivity index (χ1v) is 15.6. The Hall–Kier alpha value is -4.03. The average molecular weight is 611 g/mol. The molecule has 0 saturated heterocycles. The lowest BCUT2D eigenvalue weighted by Crippen LogP contribution is -2.50. The Bertz CT molecular complexity index is 1570. The van der Waals surface area contributed by atoms with Crippen LogP contribution in [0.15, 0.2) is 53.4 Å². The number of carbonyl (C=O) groups excluding carboxylic acids is 1. The van der Waals surface area contributed by atoms with E-state index in [0.29, 0.717) is 24.5 Å². The van der Waals surface area contributed by atoms with E-state index >= 15 is 0 Å². The van der Waals surface area contributed by atoms with Gasteiger partial charge in [0.15, 0.2) is 0 Å². The number of esters is 1. The second-order valence-electron chi connectivity index (χ2n) is 11.3. The minimum absolute atomic E-state index is 0.0406. The van der Waals surface area contributed by atoms with Crippen LogP contribution in [0.5, 0.6) is 5.88 Å². The van der Waals surface area contributed by atoms with E-state index in [-0.39, 0.29) is 52.9 Å². The van der Waals surface area contributed by atoms with E-state index in [2.05, 4.69) is 33.9 Å². The van der Waals surface area contributed by atoms with Crippen LogP contribution in [0.1, 0.15) is 54.6 Å². The van der Waals surface area contributed by atoms with Crippen LogP contribution < -0.4 is 14.8 Å². The average Bonchev–Trinajstić information content (AvgIpc) is 2.92. The summed E-state index contributed by atoms with van der Waals surface area (Å²) in [6.45, 7) is 8.36. The van der Waals surface area contributed by atoms with Crippen molar-refractivity contribution < 1.29 is 32.6 Å². The van der Waals surface area contributed by atoms with Crippen molar-refractivity contribution in [3.8, 4) is 17.1 Å². The van der Waals surface area contributed by atoms with Crippen molar-refractivity contribution in [1.29, 1.82) is 0 Å². The molecule has 3 aromatic rings. The maximum atomic E-state index is 13.2. The molecular formula is C31H38N4O7S. The van der Waals surface area contributed by atoms with Gasteiger partial charge in [0, 0.05) is 23.7 Å². The highest BCUT2D eigenvalue weighted by Crippen LogP contribution is 2.31. The zero-order valence-corrected chi connectivity index (χ0v) is 25.8. The predicted octanol–water partition coefficient (Wildman–Crippen LogP) is 4.59. The van der Waals surface area contributed by atoms with E-state index in [1.807, 2.05) is 32.0 Å². The second kappa shape index (κ2) is 13.5.